The topological polar surface area (TPSA) is 214 Å². The van der Waals surface area contributed by atoms with Crippen molar-refractivity contribution in [2.45, 2.75) is 68.3 Å². The molecule has 0 aliphatic carbocycles. The number of nitrogens with zero attached hydrogens (tertiary/aromatic N) is 4. The van der Waals surface area contributed by atoms with Crippen molar-refractivity contribution in [2.24, 2.45) is 5.11 Å². The lowest BCUT2D eigenvalue weighted by Gasteiger charge is -2.19. The number of carboxylic acid groups (broad SMARTS) is 1. The fourth-order valence-corrected chi connectivity index (χ4v) is 6.29. The van der Waals surface area contributed by atoms with Crippen molar-refractivity contribution in [3.05, 3.63) is 10.4 Å². The van der Waals surface area contributed by atoms with Crippen LogP contribution >= 0.6 is 11.8 Å². The van der Waals surface area contributed by atoms with E-state index in [1.807, 2.05) is 11.8 Å². The molecule has 0 radical (unpaired) electrons. The largest absolute Gasteiger partial charge is 0.480 e. The number of nitrogens with one attached hydrogen (secondary N) is 3. The summed E-state index contributed by atoms with van der Waals surface area (Å²) in [4.78, 5) is 52.0. The third kappa shape index (κ3) is 15.8. The summed E-state index contributed by atoms with van der Waals surface area (Å²) in [6.45, 7) is 2.77. The number of rotatable bonds is 26. The summed E-state index contributed by atoms with van der Waals surface area (Å²) in [6.07, 6.45) is 4.53. The molecule has 2 rings (SSSR count). The third-order valence-electron chi connectivity index (χ3n) is 7.11. The van der Waals surface area contributed by atoms with E-state index in [9.17, 15) is 24.3 Å². The van der Waals surface area contributed by atoms with Crippen molar-refractivity contribution in [3.8, 4) is 0 Å². The second-order valence-corrected chi connectivity index (χ2v) is 11.8. The summed E-state index contributed by atoms with van der Waals surface area (Å²) in [5.74, 6) is -0.663. The maximum Gasteiger partial charge on any atom is 0.326 e. The second kappa shape index (κ2) is 22.7. The highest BCUT2D eigenvalue weighted by Gasteiger charge is 2.42. The molecule has 0 bridgehead atoms. The van der Waals surface area contributed by atoms with Gasteiger partial charge in [0.2, 0.25) is 11.8 Å². The molecule has 0 aromatic heterocycles. The smallest absolute Gasteiger partial charge is 0.326 e. The van der Waals surface area contributed by atoms with Crippen LogP contribution < -0.4 is 16.0 Å². The third-order valence-corrected chi connectivity index (χ3v) is 8.62. The van der Waals surface area contributed by atoms with E-state index in [1.165, 1.54) is 0 Å². The number of amides is 4. The number of unbranched alkanes of at least 4 members (excludes halogenated alkanes) is 2. The van der Waals surface area contributed by atoms with Crippen molar-refractivity contribution in [2.75, 3.05) is 78.7 Å². The number of aliphatic carboxylic acids is 1. The van der Waals surface area contributed by atoms with Gasteiger partial charge in [-0.2, -0.15) is 11.8 Å². The molecule has 4 N–H and O–H groups in total. The van der Waals surface area contributed by atoms with E-state index in [4.69, 9.17) is 24.5 Å². The first kappa shape index (κ1) is 37.4. The highest BCUT2D eigenvalue weighted by Crippen LogP contribution is 2.33. The number of thioether (sulfide) groups is 1. The van der Waals surface area contributed by atoms with Gasteiger partial charge in [0, 0.05) is 42.5 Å². The average molecular weight is 646 g/mol. The Morgan fingerprint density at radius 2 is 1.73 bits per heavy atom. The maximum atomic E-state index is 12.5. The second-order valence-electron chi connectivity index (χ2n) is 10.5. The van der Waals surface area contributed by atoms with Gasteiger partial charge < -0.3 is 44.9 Å². The van der Waals surface area contributed by atoms with Gasteiger partial charge in [0.05, 0.1) is 58.3 Å². The Hall–Kier alpha value is -2.82. The quantitative estimate of drug-likeness (QED) is 0.0348. The van der Waals surface area contributed by atoms with Crippen LogP contribution in [0.25, 0.3) is 10.4 Å². The van der Waals surface area contributed by atoms with Crippen LogP contribution in [-0.4, -0.2) is 136 Å². The zero-order chi connectivity index (χ0) is 32.0. The average Bonchev–Trinajstić information content (AvgIpc) is 3.55. The van der Waals surface area contributed by atoms with E-state index >= 15 is 0 Å². The van der Waals surface area contributed by atoms with Gasteiger partial charge in [-0.1, -0.05) is 11.5 Å². The Morgan fingerprint density at radius 3 is 2.41 bits per heavy atom. The van der Waals surface area contributed by atoms with Crippen molar-refractivity contribution in [3.63, 3.8) is 0 Å². The molecule has 2 aliphatic heterocycles. The molecule has 2 heterocycles. The van der Waals surface area contributed by atoms with Crippen LogP contribution in [-0.2, 0) is 33.3 Å². The molecule has 2 aliphatic rings. The molecule has 250 valence electrons. The predicted octanol–water partition coefficient (Wildman–Crippen LogP) is 1.29. The standard InChI is InChI=1S/C27H47N7O9S/c1-34(24(36)8-3-2-7-22-25-21(19-44-22)31-27(39)32-25)10-5-4-6-20(26(37)38)30-23(35)18-43-17-16-42-15-14-41-13-12-40-11-9-29-33-28/h20-22,25H,2-19H2,1H3,(H,30,35)(H,37,38)(H2,31,32,39)/t20-,21-,22-,25-/m0/s1. The van der Waals surface area contributed by atoms with Gasteiger partial charge in [-0.25, -0.2) is 9.59 Å². The van der Waals surface area contributed by atoms with E-state index in [2.05, 4.69) is 26.0 Å². The Kier molecular flexibility index (Phi) is 19.2. The molecule has 0 aromatic rings. The summed E-state index contributed by atoms with van der Waals surface area (Å²) in [7, 11) is 1.75. The first-order valence-corrected chi connectivity index (χ1v) is 16.1. The lowest BCUT2D eigenvalue weighted by Crippen LogP contribution is -2.42. The van der Waals surface area contributed by atoms with E-state index < -0.39 is 17.9 Å². The molecule has 2 fully saturated rings. The number of carbonyl (C=O) groups excluding carboxylic acids is 3. The Balaban J connectivity index is 1.43. The molecule has 17 heteroatoms. The van der Waals surface area contributed by atoms with Gasteiger partial charge in [-0.05, 0) is 37.6 Å². The maximum absolute atomic E-state index is 12.5. The number of ether oxygens (including phenoxy) is 4. The van der Waals surface area contributed by atoms with E-state index in [0.717, 1.165) is 25.0 Å². The highest BCUT2D eigenvalue weighted by molar-refractivity contribution is 8.00. The van der Waals surface area contributed by atoms with Gasteiger partial charge >= 0.3 is 12.0 Å². The number of urea groups is 1. The molecule has 4 amide bonds. The molecule has 0 aromatic carbocycles. The van der Waals surface area contributed by atoms with Crippen LogP contribution in [0.1, 0.15) is 44.9 Å². The van der Waals surface area contributed by atoms with Crippen molar-refractivity contribution >= 4 is 35.6 Å². The van der Waals surface area contributed by atoms with Gasteiger partial charge in [0.15, 0.2) is 0 Å². The molecule has 44 heavy (non-hydrogen) atoms. The van der Waals surface area contributed by atoms with E-state index in [0.29, 0.717) is 64.1 Å². The van der Waals surface area contributed by atoms with Crippen LogP contribution in [0.4, 0.5) is 4.79 Å². The Labute approximate surface area is 262 Å². The lowest BCUT2D eigenvalue weighted by atomic mass is 10.0. The van der Waals surface area contributed by atoms with Gasteiger partial charge in [-0.15, -0.1) is 0 Å². The number of carboxylic acids is 1. The first-order valence-electron chi connectivity index (χ1n) is 15.1. The fraction of sp³-hybridized carbons (Fsp3) is 0.852. The Bertz CT molecular complexity index is 941. The van der Waals surface area contributed by atoms with Gasteiger partial charge in [0.1, 0.15) is 12.6 Å². The lowest BCUT2D eigenvalue weighted by molar-refractivity contribution is -0.143. The van der Waals surface area contributed by atoms with Gasteiger partial charge in [0.25, 0.3) is 0 Å². The minimum absolute atomic E-state index is 0.0551. The van der Waals surface area contributed by atoms with Crippen LogP contribution in [0.2, 0.25) is 0 Å². The molecule has 0 saturated carbocycles. The number of hydrogen-bond acceptors (Lipinski definition) is 10. The number of azide groups is 1. The predicted molar refractivity (Wildman–Crippen MR) is 162 cm³/mol. The van der Waals surface area contributed by atoms with Crippen LogP contribution in [0.3, 0.4) is 0 Å². The summed E-state index contributed by atoms with van der Waals surface area (Å²) in [6, 6.07) is -0.741. The van der Waals surface area contributed by atoms with Crippen molar-refractivity contribution < 1.29 is 43.2 Å². The Morgan fingerprint density at radius 1 is 1.05 bits per heavy atom. The zero-order valence-corrected chi connectivity index (χ0v) is 26.3. The molecule has 4 atom stereocenters. The molecule has 2 saturated heterocycles. The van der Waals surface area contributed by atoms with Crippen LogP contribution in [0.5, 0.6) is 0 Å². The molecule has 16 nitrogen and oxygen atoms in total. The molecule has 0 unspecified atom stereocenters. The molecule has 0 spiro atoms. The van der Waals surface area contributed by atoms with Crippen molar-refractivity contribution in [1.29, 1.82) is 0 Å². The van der Waals surface area contributed by atoms with Crippen LogP contribution in [0, 0.1) is 0 Å². The molecular formula is C27H47N7O9S. The summed E-state index contributed by atoms with van der Waals surface area (Å²) in [5, 5.41) is 21.6. The summed E-state index contributed by atoms with van der Waals surface area (Å²) < 4.78 is 21.1. The highest BCUT2D eigenvalue weighted by atomic mass is 32.2. The molecular weight excluding hydrogens is 598 g/mol. The monoisotopic (exact) mass is 645 g/mol. The minimum atomic E-state index is -1.12. The van der Waals surface area contributed by atoms with Gasteiger partial charge in [-0.3, -0.25) is 9.59 Å². The van der Waals surface area contributed by atoms with Crippen molar-refractivity contribution in [1.82, 2.24) is 20.9 Å². The SMILES string of the molecule is CN(CCCC[C@H](NC(=O)COCCOCCOCCOCCN=[N+]=[N-])C(=O)O)C(=O)CCCC[C@@H]1SC[C@@H]2NC(=O)N[C@@H]21. The van der Waals surface area contributed by atoms with Crippen LogP contribution in [0.15, 0.2) is 5.11 Å². The van der Waals surface area contributed by atoms with E-state index in [-0.39, 0.29) is 56.8 Å². The first-order chi connectivity index (χ1) is 21.3. The summed E-state index contributed by atoms with van der Waals surface area (Å²) >= 11 is 1.87. The number of hydrogen-bond donors (Lipinski definition) is 4. The zero-order valence-electron chi connectivity index (χ0n) is 25.4. The van der Waals surface area contributed by atoms with E-state index in [1.54, 1.807) is 11.9 Å². The number of fused-ring (bicyclic) bond motifs is 1. The fourth-order valence-electron chi connectivity index (χ4n) is 4.75. The summed E-state index contributed by atoms with van der Waals surface area (Å²) in [5.41, 5.74) is 8.14. The number of carbonyl (C=O) groups is 4. The normalized spacial score (nSPS) is 19.4. The minimum Gasteiger partial charge on any atom is -0.480 e.